The summed E-state index contributed by atoms with van der Waals surface area (Å²) in [5, 5.41) is 10.3. The highest BCUT2D eigenvalue weighted by molar-refractivity contribution is 6.23. The van der Waals surface area contributed by atoms with Crippen LogP contribution in [0.4, 0.5) is 5.69 Å². The number of hydrogen-bond acceptors (Lipinski definition) is 3. The van der Waals surface area contributed by atoms with Crippen LogP contribution in [0, 0.1) is 58.7 Å². The molecule has 6 aliphatic rings. The number of fused-ring (bicyclic) bond motifs is 1. The van der Waals surface area contributed by atoms with E-state index in [1.165, 1.54) is 10.5 Å². The van der Waals surface area contributed by atoms with Crippen molar-refractivity contribution in [1.29, 1.82) is 0 Å². The van der Waals surface area contributed by atoms with Gasteiger partial charge in [0.2, 0.25) is 11.8 Å². The summed E-state index contributed by atoms with van der Waals surface area (Å²) in [5.74, 6) is -0.679. The van der Waals surface area contributed by atoms with Crippen molar-refractivity contribution in [2.24, 2.45) is 51.8 Å². The Bertz CT molecular complexity index is 1180. The molecule has 1 N–H and O–H groups in total. The number of nitrogens with zero attached hydrogens (tertiary/aromatic N) is 1. The third-order valence-corrected chi connectivity index (χ3v) is 11.5. The van der Waals surface area contributed by atoms with Crippen molar-refractivity contribution in [3.8, 4) is 0 Å². The highest BCUT2D eigenvalue weighted by Gasteiger charge is 2.73. The second kappa shape index (κ2) is 7.55. The average Bonchev–Trinajstić information content (AvgIpc) is 3.11. The summed E-state index contributed by atoms with van der Waals surface area (Å²) in [4.78, 5) is 42.3. The third-order valence-electron chi connectivity index (χ3n) is 11.5. The van der Waals surface area contributed by atoms with Crippen molar-refractivity contribution < 1.29 is 19.5 Å². The Balaban J connectivity index is 1.49. The SMILES string of the molecule is Cc1ccc(N2C(=O)[C@H]3[C@@H](C2=O)[C@@]24C=C(C(C)C)[C@@H]3C[C@@H]2[C@]2(C)CCC[C@](C)(C(=O)O)[C@H]2CC4)cc1. The fraction of sp³-hybridized carbons (Fsp3) is 0.645. The van der Waals surface area contributed by atoms with Gasteiger partial charge in [0.1, 0.15) is 0 Å². The van der Waals surface area contributed by atoms with Gasteiger partial charge in [-0.25, -0.2) is 0 Å². The maximum Gasteiger partial charge on any atom is 0.309 e. The van der Waals surface area contributed by atoms with E-state index in [0.29, 0.717) is 11.6 Å². The number of hydrogen-bond donors (Lipinski definition) is 1. The second-order valence-corrected chi connectivity index (χ2v) is 13.3. The molecule has 2 amide bonds. The molecule has 192 valence electrons. The van der Waals surface area contributed by atoms with Crippen molar-refractivity contribution in [3.63, 3.8) is 0 Å². The molecule has 5 nitrogen and oxygen atoms in total. The Morgan fingerprint density at radius 1 is 1.03 bits per heavy atom. The first kappa shape index (κ1) is 23.9. The van der Waals surface area contributed by atoms with Gasteiger partial charge in [0.25, 0.3) is 0 Å². The van der Waals surface area contributed by atoms with Crippen LogP contribution in [0.1, 0.15) is 71.8 Å². The van der Waals surface area contributed by atoms with E-state index in [9.17, 15) is 19.5 Å². The molecule has 3 saturated carbocycles. The summed E-state index contributed by atoms with van der Waals surface area (Å²) in [5.41, 5.74) is 1.89. The van der Waals surface area contributed by atoms with E-state index >= 15 is 0 Å². The molecule has 4 fully saturated rings. The fourth-order valence-corrected chi connectivity index (χ4v) is 9.91. The van der Waals surface area contributed by atoms with Gasteiger partial charge in [-0.15, -0.1) is 0 Å². The minimum atomic E-state index is -0.723. The number of amides is 2. The summed E-state index contributed by atoms with van der Waals surface area (Å²) in [7, 11) is 0. The number of anilines is 1. The molecule has 7 rings (SSSR count). The topological polar surface area (TPSA) is 74.7 Å². The summed E-state index contributed by atoms with van der Waals surface area (Å²) in [6.45, 7) is 10.7. The van der Waals surface area contributed by atoms with Crippen molar-refractivity contribution in [2.75, 3.05) is 4.90 Å². The lowest BCUT2D eigenvalue weighted by Crippen LogP contribution is -2.65. The lowest BCUT2D eigenvalue weighted by Gasteiger charge is -2.68. The average molecular weight is 490 g/mol. The normalized spacial score (nSPS) is 43.2. The lowest BCUT2D eigenvalue weighted by molar-refractivity contribution is -0.194. The van der Waals surface area contributed by atoms with Crippen molar-refractivity contribution in [1.82, 2.24) is 0 Å². The van der Waals surface area contributed by atoms with E-state index in [1.54, 1.807) is 0 Å². The van der Waals surface area contributed by atoms with Crippen LogP contribution in [0.3, 0.4) is 0 Å². The number of allylic oxidation sites excluding steroid dienone is 2. The van der Waals surface area contributed by atoms with Gasteiger partial charge >= 0.3 is 5.97 Å². The minimum absolute atomic E-state index is 0.0331. The fourth-order valence-electron chi connectivity index (χ4n) is 9.91. The van der Waals surface area contributed by atoms with Crippen LogP contribution in [0.25, 0.3) is 0 Å². The maximum absolute atomic E-state index is 14.2. The van der Waals surface area contributed by atoms with Gasteiger partial charge < -0.3 is 5.11 Å². The van der Waals surface area contributed by atoms with Crippen molar-refractivity contribution >= 4 is 23.5 Å². The number of carboxylic acid groups (broad SMARTS) is 1. The van der Waals surface area contributed by atoms with Gasteiger partial charge in [0.15, 0.2) is 0 Å². The number of carboxylic acids is 1. The molecule has 5 aliphatic carbocycles. The van der Waals surface area contributed by atoms with E-state index in [0.717, 1.165) is 44.1 Å². The van der Waals surface area contributed by atoms with Crippen molar-refractivity contribution in [3.05, 3.63) is 41.5 Å². The summed E-state index contributed by atoms with van der Waals surface area (Å²) < 4.78 is 0. The van der Waals surface area contributed by atoms with Crippen LogP contribution in [-0.2, 0) is 14.4 Å². The van der Waals surface area contributed by atoms with E-state index in [2.05, 4.69) is 26.8 Å². The number of aliphatic carboxylic acids is 1. The molecule has 1 aromatic rings. The predicted molar refractivity (Wildman–Crippen MR) is 138 cm³/mol. The Morgan fingerprint density at radius 2 is 1.72 bits per heavy atom. The largest absolute Gasteiger partial charge is 0.481 e. The van der Waals surface area contributed by atoms with E-state index < -0.39 is 11.4 Å². The maximum atomic E-state index is 14.2. The van der Waals surface area contributed by atoms with Crippen LogP contribution in [0.5, 0.6) is 0 Å². The molecule has 36 heavy (non-hydrogen) atoms. The molecule has 0 aromatic heterocycles. The van der Waals surface area contributed by atoms with Gasteiger partial charge in [-0.2, -0.15) is 0 Å². The van der Waals surface area contributed by atoms with Crippen LogP contribution >= 0.6 is 0 Å². The molecule has 1 aliphatic heterocycles. The van der Waals surface area contributed by atoms with E-state index in [1.807, 2.05) is 38.1 Å². The molecule has 1 saturated heterocycles. The van der Waals surface area contributed by atoms with E-state index in [4.69, 9.17) is 0 Å². The number of rotatable bonds is 3. The zero-order chi connectivity index (χ0) is 25.8. The highest BCUT2D eigenvalue weighted by Crippen LogP contribution is 2.74. The molecule has 8 atom stereocenters. The molecule has 0 radical (unpaired) electrons. The smallest absolute Gasteiger partial charge is 0.309 e. The molecule has 2 bridgehead atoms. The monoisotopic (exact) mass is 489 g/mol. The molecule has 1 heterocycles. The van der Waals surface area contributed by atoms with Crippen LogP contribution in [-0.4, -0.2) is 22.9 Å². The number of benzene rings is 1. The first-order valence-corrected chi connectivity index (χ1v) is 13.9. The summed E-state index contributed by atoms with van der Waals surface area (Å²) >= 11 is 0. The first-order chi connectivity index (χ1) is 17.0. The standard InChI is InChI=1S/C31H39NO4/c1-17(2)21-16-31-14-11-22-29(4,12-6-13-30(22,5)28(35)36)23(31)15-20(21)24-25(31)27(34)32(26(24)33)19-9-7-18(3)8-10-19/h7-10,16-17,20,22-25H,6,11-15H2,1-5H3,(H,35,36)/t20-,22-,23+,24+,25-,29+,30-,31-/m0/s1. The Labute approximate surface area is 214 Å². The second-order valence-electron chi connectivity index (χ2n) is 13.3. The molecule has 5 heteroatoms. The molecular formula is C31H39NO4. The van der Waals surface area contributed by atoms with Gasteiger partial charge in [0.05, 0.1) is 22.9 Å². The molecular weight excluding hydrogens is 450 g/mol. The number of aryl methyl sites for hydroxylation is 1. The van der Waals surface area contributed by atoms with E-state index in [-0.39, 0.29) is 52.2 Å². The van der Waals surface area contributed by atoms with Gasteiger partial charge in [-0.3, -0.25) is 19.3 Å². The summed E-state index contributed by atoms with van der Waals surface area (Å²) in [6, 6.07) is 7.72. The zero-order valence-corrected chi connectivity index (χ0v) is 22.2. The number of carbonyl (C=O) groups excluding carboxylic acids is 2. The summed E-state index contributed by atoms with van der Waals surface area (Å²) in [6.07, 6.45) is 7.58. The quantitative estimate of drug-likeness (QED) is 0.417. The van der Waals surface area contributed by atoms with Crippen LogP contribution in [0.15, 0.2) is 35.9 Å². The molecule has 1 aromatic carbocycles. The minimum Gasteiger partial charge on any atom is -0.481 e. The third kappa shape index (κ3) is 2.80. The van der Waals surface area contributed by atoms with Gasteiger partial charge in [-0.1, -0.05) is 56.5 Å². The van der Waals surface area contributed by atoms with Gasteiger partial charge in [-0.05, 0) is 87.2 Å². The highest BCUT2D eigenvalue weighted by atomic mass is 16.4. The first-order valence-electron chi connectivity index (χ1n) is 13.9. The Hall–Kier alpha value is -2.43. The number of carbonyl (C=O) groups is 3. The van der Waals surface area contributed by atoms with Crippen LogP contribution < -0.4 is 4.90 Å². The van der Waals surface area contributed by atoms with Crippen LogP contribution in [0.2, 0.25) is 0 Å². The Kier molecular flexibility index (Phi) is 5.02. The zero-order valence-electron chi connectivity index (χ0n) is 22.2. The Morgan fingerprint density at radius 3 is 2.36 bits per heavy atom. The molecule has 1 spiro atoms. The van der Waals surface area contributed by atoms with Crippen molar-refractivity contribution in [2.45, 2.75) is 73.1 Å². The number of imide groups is 1. The molecule has 0 unspecified atom stereocenters. The van der Waals surface area contributed by atoms with Gasteiger partial charge in [0, 0.05) is 5.41 Å². The predicted octanol–water partition coefficient (Wildman–Crippen LogP) is 6.01. The lowest BCUT2D eigenvalue weighted by atomic mass is 9.34.